The minimum absolute atomic E-state index is 0. The van der Waals surface area contributed by atoms with Crippen LogP contribution in [0.5, 0.6) is 5.75 Å². The molecule has 36 heavy (non-hydrogen) atoms. The molecular weight excluding hydrogens is 515 g/mol. The largest absolute Gasteiger partial charge is 0.492 e. The van der Waals surface area contributed by atoms with E-state index in [0.29, 0.717) is 0 Å². The Labute approximate surface area is 225 Å². The maximum atomic E-state index is 12.4. The average Bonchev–Trinajstić information content (AvgIpc) is 2.83. The lowest BCUT2D eigenvalue weighted by Crippen LogP contribution is -2.49. The molecule has 1 fully saturated rings. The van der Waals surface area contributed by atoms with E-state index in [1.54, 1.807) is 0 Å². The Morgan fingerprint density at radius 3 is 2.47 bits per heavy atom. The maximum absolute atomic E-state index is 12.4. The lowest BCUT2D eigenvalue weighted by atomic mass is 9.58. The van der Waals surface area contributed by atoms with E-state index in [-0.39, 0.29) is 42.8 Å². The van der Waals surface area contributed by atoms with Gasteiger partial charge in [-0.15, -0.1) is 12.4 Å². The zero-order valence-corrected chi connectivity index (χ0v) is 22.5. The van der Waals surface area contributed by atoms with Crippen LogP contribution in [-0.4, -0.2) is 28.1 Å². The van der Waals surface area contributed by atoms with Crippen molar-refractivity contribution in [2.75, 3.05) is 19.7 Å². The van der Waals surface area contributed by atoms with Crippen molar-refractivity contribution in [1.29, 1.82) is 0 Å². The third kappa shape index (κ3) is 5.90. The molecule has 192 valence electrons. The highest BCUT2D eigenvalue weighted by Crippen LogP contribution is 2.53. The Morgan fingerprint density at radius 2 is 1.78 bits per heavy atom. The molecule has 0 bridgehead atoms. The van der Waals surface area contributed by atoms with Gasteiger partial charge in [0.1, 0.15) is 12.4 Å². The van der Waals surface area contributed by atoms with Crippen LogP contribution < -0.4 is 14.8 Å². The highest BCUT2D eigenvalue weighted by molar-refractivity contribution is 7.88. The van der Waals surface area contributed by atoms with Crippen molar-refractivity contribution in [3.8, 4) is 5.75 Å². The summed E-state index contributed by atoms with van der Waals surface area (Å²) >= 11 is 6.16. The summed E-state index contributed by atoms with van der Waals surface area (Å²) in [6.07, 6.45) is 4.48. The third-order valence-corrected chi connectivity index (χ3v) is 8.89. The molecule has 0 saturated heterocycles. The van der Waals surface area contributed by atoms with E-state index in [9.17, 15) is 8.42 Å². The van der Waals surface area contributed by atoms with Gasteiger partial charge in [-0.3, -0.25) is 0 Å². The van der Waals surface area contributed by atoms with Crippen molar-refractivity contribution >= 4 is 34.0 Å². The van der Waals surface area contributed by atoms with Crippen molar-refractivity contribution in [3.05, 3.63) is 100 Å². The topological polar surface area (TPSA) is 67.4 Å². The number of hydrogen-bond donors (Lipinski definition) is 2. The summed E-state index contributed by atoms with van der Waals surface area (Å²) in [5.74, 6) is 0.734. The molecule has 5 rings (SSSR count). The minimum Gasteiger partial charge on any atom is -0.492 e. The predicted molar refractivity (Wildman–Crippen MR) is 148 cm³/mol. The zero-order valence-electron chi connectivity index (χ0n) is 20.1. The Bertz CT molecular complexity index is 1260. The van der Waals surface area contributed by atoms with E-state index in [1.165, 1.54) is 23.1 Å². The fraction of sp³-hybridized carbons (Fsp3) is 0.357. The second-order valence-corrected chi connectivity index (χ2v) is 11.7. The molecular formula is C28H32Cl2N2O3S. The molecule has 0 spiro atoms. The molecule has 0 aromatic heterocycles. The lowest BCUT2D eigenvalue weighted by Gasteiger charge is -2.50. The van der Waals surface area contributed by atoms with E-state index < -0.39 is 10.0 Å². The van der Waals surface area contributed by atoms with Crippen LogP contribution in [0.25, 0.3) is 0 Å². The Balaban J connectivity index is 0.00000304. The molecule has 3 aromatic rings. The van der Waals surface area contributed by atoms with Gasteiger partial charge in [-0.2, -0.15) is 0 Å². The number of sulfonamides is 1. The number of benzene rings is 3. The molecule has 1 saturated carbocycles. The van der Waals surface area contributed by atoms with Gasteiger partial charge in [0.2, 0.25) is 10.0 Å². The van der Waals surface area contributed by atoms with E-state index in [0.717, 1.165) is 42.1 Å². The molecule has 1 aliphatic heterocycles. The van der Waals surface area contributed by atoms with Gasteiger partial charge in [0.25, 0.3) is 0 Å². The molecule has 0 radical (unpaired) electrons. The summed E-state index contributed by atoms with van der Waals surface area (Å²) in [6.45, 7) is 1.45. The molecule has 1 heterocycles. The number of ether oxygens (including phenoxy) is 1. The lowest BCUT2D eigenvalue weighted by molar-refractivity contribution is 0.164. The highest BCUT2D eigenvalue weighted by atomic mass is 35.5. The first-order valence-corrected chi connectivity index (χ1v) is 14.2. The minimum atomic E-state index is -3.41. The van der Waals surface area contributed by atoms with Crippen molar-refractivity contribution in [1.82, 2.24) is 10.0 Å². The SMILES string of the molecule is Cl.O=S(=O)(Cc1ccccc1)NCCOc1ccc2c(c1)C(C1(c3ccc(Cl)cc3)CCC1)NCC2. The van der Waals surface area contributed by atoms with Crippen LogP contribution in [0.1, 0.15) is 47.6 Å². The second-order valence-electron chi connectivity index (χ2n) is 9.50. The summed E-state index contributed by atoms with van der Waals surface area (Å²) in [4.78, 5) is 0. The summed E-state index contributed by atoms with van der Waals surface area (Å²) < 4.78 is 33.4. The van der Waals surface area contributed by atoms with Crippen LogP contribution in [0.2, 0.25) is 5.02 Å². The number of rotatable bonds is 9. The Morgan fingerprint density at radius 1 is 1.03 bits per heavy atom. The van der Waals surface area contributed by atoms with Gasteiger partial charge in [0.15, 0.2) is 0 Å². The first kappa shape index (κ1) is 27.0. The van der Waals surface area contributed by atoms with Crippen LogP contribution in [0.3, 0.4) is 0 Å². The van der Waals surface area contributed by atoms with Gasteiger partial charge in [-0.05, 0) is 72.3 Å². The summed E-state index contributed by atoms with van der Waals surface area (Å²) in [5, 5.41) is 4.55. The van der Waals surface area contributed by atoms with Gasteiger partial charge in [-0.1, -0.05) is 66.6 Å². The van der Waals surface area contributed by atoms with Crippen LogP contribution in [0.4, 0.5) is 0 Å². The van der Waals surface area contributed by atoms with Gasteiger partial charge in [0, 0.05) is 23.0 Å². The molecule has 1 atom stereocenters. The zero-order chi connectivity index (χ0) is 24.3. The van der Waals surface area contributed by atoms with E-state index in [2.05, 4.69) is 34.3 Å². The normalized spacial score (nSPS) is 18.4. The standard InChI is InChI=1S/C28H31ClN2O3S.ClH/c29-24-10-8-23(9-11-24)28(14-4-15-28)27-26-19-25(12-7-22(26)13-16-30-27)34-18-17-31-35(32,33)20-21-5-2-1-3-6-21;/h1-3,5-12,19,27,30-31H,4,13-18,20H2;1H. The van der Waals surface area contributed by atoms with E-state index in [1.807, 2.05) is 48.5 Å². The predicted octanol–water partition coefficient (Wildman–Crippen LogP) is 5.57. The molecule has 5 nitrogen and oxygen atoms in total. The van der Waals surface area contributed by atoms with Crippen LogP contribution in [0, 0.1) is 0 Å². The van der Waals surface area contributed by atoms with Crippen LogP contribution >= 0.6 is 24.0 Å². The summed E-state index contributed by atoms with van der Waals surface area (Å²) in [6, 6.07) is 24.0. The van der Waals surface area contributed by atoms with Crippen molar-refractivity contribution < 1.29 is 13.2 Å². The monoisotopic (exact) mass is 546 g/mol. The van der Waals surface area contributed by atoms with Crippen molar-refractivity contribution in [3.63, 3.8) is 0 Å². The fourth-order valence-corrected chi connectivity index (χ4v) is 6.66. The smallest absolute Gasteiger partial charge is 0.215 e. The van der Waals surface area contributed by atoms with E-state index in [4.69, 9.17) is 16.3 Å². The molecule has 1 unspecified atom stereocenters. The Hall–Kier alpha value is -2.09. The van der Waals surface area contributed by atoms with Gasteiger partial charge in [0.05, 0.1) is 5.75 Å². The molecule has 1 aliphatic carbocycles. The summed E-state index contributed by atoms with van der Waals surface area (Å²) in [7, 11) is -3.41. The van der Waals surface area contributed by atoms with E-state index >= 15 is 0 Å². The first-order chi connectivity index (χ1) is 17.0. The maximum Gasteiger partial charge on any atom is 0.215 e. The van der Waals surface area contributed by atoms with Gasteiger partial charge < -0.3 is 10.1 Å². The number of halogens is 2. The Kier molecular flexibility index (Phi) is 8.63. The average molecular weight is 548 g/mol. The van der Waals surface area contributed by atoms with Crippen LogP contribution in [0.15, 0.2) is 72.8 Å². The van der Waals surface area contributed by atoms with Gasteiger partial charge in [-0.25, -0.2) is 13.1 Å². The first-order valence-electron chi connectivity index (χ1n) is 12.2. The van der Waals surface area contributed by atoms with Crippen molar-refractivity contribution in [2.24, 2.45) is 0 Å². The second kappa shape index (κ2) is 11.5. The molecule has 8 heteroatoms. The molecule has 0 amide bonds. The quantitative estimate of drug-likeness (QED) is 0.344. The van der Waals surface area contributed by atoms with Crippen LogP contribution in [-0.2, 0) is 27.6 Å². The molecule has 3 aromatic carbocycles. The third-order valence-electron chi connectivity index (χ3n) is 7.28. The molecule has 2 N–H and O–H groups in total. The van der Waals surface area contributed by atoms with Crippen molar-refractivity contribution in [2.45, 2.75) is 42.9 Å². The number of fused-ring (bicyclic) bond motifs is 1. The fourth-order valence-electron chi connectivity index (χ4n) is 5.41. The molecule has 2 aliphatic rings. The number of nitrogens with one attached hydrogen (secondary N) is 2. The highest BCUT2D eigenvalue weighted by Gasteiger charge is 2.47. The van der Waals surface area contributed by atoms with Gasteiger partial charge >= 0.3 is 0 Å². The number of hydrogen-bond acceptors (Lipinski definition) is 4. The summed E-state index contributed by atoms with van der Waals surface area (Å²) in [5.41, 5.74) is 4.79.